The molecule has 0 aliphatic carbocycles. The molecule has 0 saturated carbocycles. The topological polar surface area (TPSA) is 66.8 Å². The second-order valence-corrected chi connectivity index (χ2v) is 6.13. The van der Waals surface area contributed by atoms with Crippen molar-refractivity contribution in [3.63, 3.8) is 0 Å². The number of halogens is 1. The Morgan fingerprint density at radius 2 is 2.22 bits per heavy atom. The van der Waals surface area contributed by atoms with Gasteiger partial charge in [-0.05, 0) is 28.1 Å². The van der Waals surface area contributed by atoms with Crippen LogP contribution >= 0.6 is 27.3 Å². The summed E-state index contributed by atoms with van der Waals surface area (Å²) in [4.78, 5) is 24.8. The van der Waals surface area contributed by atoms with E-state index in [-0.39, 0.29) is 25.4 Å². The van der Waals surface area contributed by atoms with E-state index in [1.807, 2.05) is 12.1 Å². The summed E-state index contributed by atoms with van der Waals surface area (Å²) in [6.07, 6.45) is 0.216. The highest BCUT2D eigenvalue weighted by molar-refractivity contribution is 9.11. The molecule has 0 unspecified atom stereocenters. The van der Waals surface area contributed by atoms with Crippen molar-refractivity contribution in [3.8, 4) is 0 Å². The molecule has 0 aliphatic rings. The Bertz CT molecular complexity index is 421. The number of methoxy groups -OCH3 is 1. The number of nitrogens with zero attached hydrogens (tertiary/aromatic N) is 1. The summed E-state index contributed by atoms with van der Waals surface area (Å²) in [5.41, 5.74) is 0. The Morgan fingerprint density at radius 1 is 1.50 bits per heavy atom. The van der Waals surface area contributed by atoms with Gasteiger partial charge in [0.05, 0.1) is 16.8 Å². The summed E-state index contributed by atoms with van der Waals surface area (Å²) in [7, 11) is 1.51. The van der Waals surface area contributed by atoms with Gasteiger partial charge in [0.25, 0.3) is 0 Å². The zero-order valence-electron chi connectivity index (χ0n) is 9.89. The number of carbonyl (C=O) groups excluding carboxylic acids is 1. The monoisotopic (exact) mass is 335 g/mol. The second kappa shape index (κ2) is 7.50. The van der Waals surface area contributed by atoms with Crippen LogP contribution in [0.1, 0.15) is 4.88 Å². The molecule has 1 amide bonds. The fourth-order valence-corrected chi connectivity index (χ4v) is 2.84. The van der Waals surface area contributed by atoms with Gasteiger partial charge < -0.3 is 14.7 Å². The number of thiophene rings is 1. The van der Waals surface area contributed by atoms with Crippen LogP contribution in [0.4, 0.5) is 0 Å². The lowest BCUT2D eigenvalue weighted by Crippen LogP contribution is -2.38. The van der Waals surface area contributed by atoms with Crippen LogP contribution in [0, 0.1) is 0 Å². The van der Waals surface area contributed by atoms with Crippen LogP contribution in [-0.4, -0.2) is 48.7 Å². The number of ether oxygens (including phenoxy) is 1. The van der Waals surface area contributed by atoms with Gasteiger partial charge in [0, 0.05) is 18.5 Å². The van der Waals surface area contributed by atoms with Gasteiger partial charge in [-0.15, -0.1) is 11.3 Å². The van der Waals surface area contributed by atoms with Gasteiger partial charge in [0.1, 0.15) is 6.54 Å². The normalized spacial score (nSPS) is 10.3. The summed E-state index contributed by atoms with van der Waals surface area (Å²) in [6, 6.07) is 3.71. The molecular weight excluding hydrogens is 322 g/mol. The van der Waals surface area contributed by atoms with Crippen molar-refractivity contribution in [1.82, 2.24) is 4.90 Å². The van der Waals surface area contributed by atoms with Crippen molar-refractivity contribution in [3.05, 3.63) is 20.8 Å². The minimum absolute atomic E-state index is 0.205. The van der Waals surface area contributed by atoms with Crippen molar-refractivity contribution >= 4 is 39.1 Å². The molecule has 1 heterocycles. The van der Waals surface area contributed by atoms with Crippen molar-refractivity contribution in [2.75, 3.05) is 26.8 Å². The number of aliphatic carboxylic acids is 1. The van der Waals surface area contributed by atoms with Crippen LogP contribution < -0.4 is 0 Å². The Labute approximate surface area is 117 Å². The molecular formula is C11H14BrNO4S. The Morgan fingerprint density at radius 3 is 2.72 bits per heavy atom. The van der Waals surface area contributed by atoms with Gasteiger partial charge in [-0.25, -0.2) is 0 Å². The summed E-state index contributed by atoms with van der Waals surface area (Å²) < 4.78 is 5.82. The van der Waals surface area contributed by atoms with Crippen LogP contribution in [0.3, 0.4) is 0 Å². The Kier molecular flexibility index (Phi) is 6.31. The maximum atomic E-state index is 12.0. The Hall–Kier alpha value is -0.920. The van der Waals surface area contributed by atoms with E-state index in [4.69, 9.17) is 9.84 Å². The number of hydrogen-bond donors (Lipinski definition) is 1. The molecule has 0 aromatic carbocycles. The standard InChI is InChI=1S/C11H14BrNO4S/c1-17-5-4-13(7-11(15)16)10(14)6-8-2-3-9(12)18-8/h2-3H,4-7H2,1H3,(H,15,16). The van der Waals surface area contributed by atoms with E-state index in [1.54, 1.807) is 0 Å². The van der Waals surface area contributed by atoms with Crippen molar-refractivity contribution < 1.29 is 19.4 Å². The molecule has 0 fully saturated rings. The molecule has 0 radical (unpaired) electrons. The number of carbonyl (C=O) groups is 2. The first-order valence-electron chi connectivity index (χ1n) is 5.25. The molecule has 1 aromatic rings. The van der Waals surface area contributed by atoms with E-state index >= 15 is 0 Å². The van der Waals surface area contributed by atoms with E-state index in [1.165, 1.54) is 23.3 Å². The molecule has 1 aromatic heterocycles. The maximum Gasteiger partial charge on any atom is 0.323 e. The third-order valence-electron chi connectivity index (χ3n) is 2.20. The van der Waals surface area contributed by atoms with Crippen LogP contribution in [0.25, 0.3) is 0 Å². The predicted molar refractivity (Wildman–Crippen MR) is 71.8 cm³/mol. The van der Waals surface area contributed by atoms with E-state index in [9.17, 15) is 9.59 Å². The molecule has 0 atom stereocenters. The fourth-order valence-electron chi connectivity index (χ4n) is 1.36. The largest absolute Gasteiger partial charge is 0.480 e. The highest BCUT2D eigenvalue weighted by atomic mass is 79.9. The summed E-state index contributed by atoms with van der Waals surface area (Å²) in [6.45, 7) is 0.316. The van der Waals surface area contributed by atoms with E-state index in [2.05, 4.69) is 15.9 Å². The predicted octanol–water partition coefficient (Wildman–Crippen LogP) is 1.61. The molecule has 100 valence electrons. The van der Waals surface area contributed by atoms with E-state index in [0.717, 1.165) is 8.66 Å². The fraction of sp³-hybridized carbons (Fsp3) is 0.455. The first kappa shape index (κ1) is 15.1. The molecule has 5 nitrogen and oxygen atoms in total. The second-order valence-electron chi connectivity index (χ2n) is 3.58. The van der Waals surface area contributed by atoms with Gasteiger partial charge in [0.15, 0.2) is 0 Å². The molecule has 18 heavy (non-hydrogen) atoms. The minimum Gasteiger partial charge on any atom is -0.480 e. The SMILES string of the molecule is COCCN(CC(=O)O)C(=O)Cc1ccc(Br)s1. The zero-order chi connectivity index (χ0) is 13.5. The molecule has 0 saturated heterocycles. The van der Waals surface area contributed by atoms with Crippen molar-refractivity contribution in [1.29, 1.82) is 0 Å². The average Bonchev–Trinajstić information content (AvgIpc) is 2.69. The third kappa shape index (κ3) is 5.16. The number of carboxylic acids is 1. The molecule has 0 bridgehead atoms. The quantitative estimate of drug-likeness (QED) is 0.822. The highest BCUT2D eigenvalue weighted by Gasteiger charge is 2.17. The molecule has 1 rings (SSSR count). The first-order valence-corrected chi connectivity index (χ1v) is 6.86. The lowest BCUT2D eigenvalue weighted by Gasteiger charge is -2.19. The zero-order valence-corrected chi connectivity index (χ0v) is 12.3. The minimum atomic E-state index is -1.02. The van der Waals surface area contributed by atoms with Crippen LogP contribution in [0.5, 0.6) is 0 Å². The van der Waals surface area contributed by atoms with Gasteiger partial charge >= 0.3 is 5.97 Å². The number of amides is 1. The van der Waals surface area contributed by atoms with E-state index in [0.29, 0.717) is 6.61 Å². The highest BCUT2D eigenvalue weighted by Crippen LogP contribution is 2.22. The van der Waals surface area contributed by atoms with Crippen LogP contribution in [-0.2, 0) is 20.7 Å². The number of carboxylic acid groups (broad SMARTS) is 1. The van der Waals surface area contributed by atoms with E-state index < -0.39 is 5.97 Å². The molecule has 0 aliphatic heterocycles. The van der Waals surface area contributed by atoms with Crippen LogP contribution in [0.2, 0.25) is 0 Å². The van der Waals surface area contributed by atoms with Gasteiger partial charge in [-0.2, -0.15) is 0 Å². The average molecular weight is 336 g/mol. The number of rotatable bonds is 7. The van der Waals surface area contributed by atoms with Gasteiger partial charge in [-0.3, -0.25) is 9.59 Å². The smallest absolute Gasteiger partial charge is 0.323 e. The lowest BCUT2D eigenvalue weighted by atomic mass is 10.3. The van der Waals surface area contributed by atoms with Gasteiger partial charge in [-0.1, -0.05) is 0 Å². The maximum absolute atomic E-state index is 12.0. The van der Waals surface area contributed by atoms with Crippen molar-refractivity contribution in [2.45, 2.75) is 6.42 Å². The van der Waals surface area contributed by atoms with Gasteiger partial charge in [0.2, 0.25) is 5.91 Å². The first-order chi connectivity index (χ1) is 8.52. The molecule has 0 spiro atoms. The lowest BCUT2D eigenvalue weighted by molar-refractivity contribution is -0.144. The summed E-state index contributed by atoms with van der Waals surface area (Å²) in [5.74, 6) is -1.23. The number of hydrogen-bond acceptors (Lipinski definition) is 4. The third-order valence-corrected chi connectivity index (χ3v) is 3.82. The molecule has 1 N–H and O–H groups in total. The van der Waals surface area contributed by atoms with Crippen LogP contribution in [0.15, 0.2) is 15.9 Å². The Balaban J connectivity index is 2.60. The van der Waals surface area contributed by atoms with Crippen molar-refractivity contribution in [2.24, 2.45) is 0 Å². The summed E-state index contributed by atoms with van der Waals surface area (Å²) in [5, 5.41) is 8.76. The summed E-state index contributed by atoms with van der Waals surface area (Å²) >= 11 is 4.79. The molecule has 7 heteroatoms.